The number of hydrogen-bond acceptors (Lipinski definition) is 6. The Kier molecular flexibility index (Phi) is 4.66. The average Bonchev–Trinajstić information content (AvgIpc) is 2.54. The van der Waals surface area contributed by atoms with Crippen LogP contribution < -0.4 is 5.56 Å². The molecule has 0 aliphatic rings. The molecule has 2 aromatic rings. The molecule has 1 aromatic carbocycles. The molecule has 0 aliphatic carbocycles. The average molecular weight is 347 g/mol. The summed E-state index contributed by atoms with van der Waals surface area (Å²) in [7, 11) is 1.32. The standard InChI is InChI=1S/C15H11ClN4O4/c1-8-10(6-17)14(21)19(2)15(22)11(8)7-18-13-5-9(20(23)24)3-4-12(13)16/h3-5,7,22H,1-2H3. The molecular weight excluding hydrogens is 336 g/mol. The molecule has 0 aliphatic heterocycles. The van der Waals surface area contributed by atoms with Crippen LogP contribution in [0.5, 0.6) is 5.88 Å². The molecule has 0 bridgehead atoms. The van der Waals surface area contributed by atoms with Crippen molar-refractivity contribution in [2.24, 2.45) is 12.0 Å². The van der Waals surface area contributed by atoms with E-state index >= 15 is 0 Å². The third-order valence-electron chi connectivity index (χ3n) is 3.44. The highest BCUT2D eigenvalue weighted by Gasteiger charge is 2.16. The second kappa shape index (κ2) is 6.52. The van der Waals surface area contributed by atoms with Crippen molar-refractivity contribution >= 4 is 29.2 Å². The van der Waals surface area contributed by atoms with E-state index in [0.29, 0.717) is 0 Å². The molecule has 9 heteroatoms. The smallest absolute Gasteiger partial charge is 0.271 e. The molecule has 24 heavy (non-hydrogen) atoms. The van der Waals surface area contributed by atoms with Gasteiger partial charge in [-0.25, -0.2) is 0 Å². The van der Waals surface area contributed by atoms with Crippen LogP contribution in [0.1, 0.15) is 16.7 Å². The van der Waals surface area contributed by atoms with Gasteiger partial charge >= 0.3 is 0 Å². The summed E-state index contributed by atoms with van der Waals surface area (Å²) in [6, 6.07) is 5.54. The number of nitro groups is 1. The number of rotatable bonds is 3. The number of non-ortho nitro benzene ring substituents is 1. The lowest BCUT2D eigenvalue weighted by Gasteiger charge is -2.09. The molecule has 1 aromatic heterocycles. The fourth-order valence-electron chi connectivity index (χ4n) is 2.04. The molecular formula is C15H11ClN4O4. The van der Waals surface area contributed by atoms with E-state index in [4.69, 9.17) is 16.9 Å². The number of aromatic nitrogens is 1. The summed E-state index contributed by atoms with van der Waals surface area (Å²) in [4.78, 5) is 26.1. The number of hydrogen-bond donors (Lipinski definition) is 1. The van der Waals surface area contributed by atoms with E-state index in [9.17, 15) is 20.0 Å². The van der Waals surface area contributed by atoms with Gasteiger partial charge in [-0.3, -0.25) is 24.5 Å². The molecule has 0 fully saturated rings. The first-order valence-electron chi connectivity index (χ1n) is 6.58. The summed E-state index contributed by atoms with van der Waals surface area (Å²) in [6.45, 7) is 1.50. The van der Waals surface area contributed by atoms with Crippen LogP contribution in [0.25, 0.3) is 0 Å². The van der Waals surface area contributed by atoms with Crippen molar-refractivity contribution in [2.45, 2.75) is 6.92 Å². The third kappa shape index (κ3) is 2.98. The van der Waals surface area contributed by atoms with E-state index in [0.717, 1.165) is 4.57 Å². The first-order valence-corrected chi connectivity index (χ1v) is 6.96. The minimum absolute atomic E-state index is 0.122. The summed E-state index contributed by atoms with van der Waals surface area (Å²) in [5.74, 6) is -0.373. The summed E-state index contributed by atoms with van der Waals surface area (Å²) in [5.41, 5.74) is -0.415. The lowest BCUT2D eigenvalue weighted by atomic mass is 10.1. The van der Waals surface area contributed by atoms with Gasteiger partial charge in [0, 0.05) is 25.4 Å². The van der Waals surface area contributed by atoms with Crippen molar-refractivity contribution < 1.29 is 10.0 Å². The number of aromatic hydroxyl groups is 1. The fraction of sp³-hybridized carbons (Fsp3) is 0.133. The quantitative estimate of drug-likeness (QED) is 0.520. The zero-order chi connectivity index (χ0) is 18.0. The highest BCUT2D eigenvalue weighted by atomic mass is 35.5. The highest BCUT2D eigenvalue weighted by molar-refractivity contribution is 6.33. The Morgan fingerprint density at radius 1 is 1.50 bits per heavy atom. The molecule has 0 saturated carbocycles. The van der Waals surface area contributed by atoms with Gasteiger partial charge in [0.1, 0.15) is 11.6 Å². The van der Waals surface area contributed by atoms with E-state index in [1.54, 1.807) is 6.07 Å². The number of halogens is 1. The SMILES string of the molecule is Cc1c(C=Nc2cc([N+](=O)[O-])ccc2Cl)c(O)n(C)c(=O)c1C#N. The van der Waals surface area contributed by atoms with Gasteiger partial charge < -0.3 is 5.11 Å². The maximum Gasteiger partial charge on any atom is 0.271 e. The van der Waals surface area contributed by atoms with Crippen molar-refractivity contribution in [3.8, 4) is 11.9 Å². The normalized spacial score (nSPS) is 10.8. The van der Waals surface area contributed by atoms with Crippen LogP contribution in [0.3, 0.4) is 0 Å². The van der Waals surface area contributed by atoms with Gasteiger partial charge in [0.2, 0.25) is 5.88 Å². The van der Waals surface area contributed by atoms with E-state index in [1.165, 1.54) is 38.4 Å². The minimum atomic E-state index is -0.627. The maximum absolute atomic E-state index is 11.9. The van der Waals surface area contributed by atoms with Gasteiger partial charge in [-0.1, -0.05) is 11.6 Å². The molecule has 0 radical (unpaired) electrons. The van der Waals surface area contributed by atoms with E-state index in [-0.39, 0.29) is 39.0 Å². The summed E-state index contributed by atoms with van der Waals surface area (Å²) >= 11 is 5.96. The molecule has 1 N–H and O–H groups in total. The lowest BCUT2D eigenvalue weighted by Crippen LogP contribution is -2.22. The Morgan fingerprint density at radius 2 is 2.17 bits per heavy atom. The van der Waals surface area contributed by atoms with Crippen LogP contribution in [0.4, 0.5) is 11.4 Å². The van der Waals surface area contributed by atoms with E-state index < -0.39 is 10.5 Å². The predicted octanol–water partition coefficient (Wildman–Crippen LogP) is 2.58. The molecule has 0 spiro atoms. The molecule has 0 saturated heterocycles. The van der Waals surface area contributed by atoms with Crippen molar-refractivity contribution in [1.29, 1.82) is 5.26 Å². The number of nitriles is 1. The minimum Gasteiger partial charge on any atom is -0.494 e. The summed E-state index contributed by atoms with van der Waals surface area (Å²) in [5, 5.41) is 30.2. The van der Waals surface area contributed by atoms with E-state index in [1.807, 2.05) is 0 Å². The van der Waals surface area contributed by atoms with Crippen molar-refractivity contribution in [2.75, 3.05) is 0 Å². The van der Waals surface area contributed by atoms with Crippen LogP contribution in [0.15, 0.2) is 28.0 Å². The number of benzene rings is 1. The first-order chi connectivity index (χ1) is 11.3. The first kappa shape index (κ1) is 17.2. The summed E-state index contributed by atoms with van der Waals surface area (Å²) in [6.07, 6.45) is 1.20. The van der Waals surface area contributed by atoms with Crippen molar-refractivity contribution in [3.63, 3.8) is 0 Å². The van der Waals surface area contributed by atoms with Crippen molar-refractivity contribution in [3.05, 3.63) is 60.4 Å². The molecule has 0 atom stereocenters. The van der Waals surface area contributed by atoms with Crippen LogP contribution in [0, 0.1) is 28.4 Å². The van der Waals surface area contributed by atoms with E-state index in [2.05, 4.69) is 4.99 Å². The monoisotopic (exact) mass is 346 g/mol. The predicted molar refractivity (Wildman–Crippen MR) is 88.2 cm³/mol. The second-order valence-corrected chi connectivity index (χ2v) is 5.27. The molecule has 0 amide bonds. The van der Waals surface area contributed by atoms with Gasteiger partial charge in [-0.15, -0.1) is 0 Å². The lowest BCUT2D eigenvalue weighted by molar-refractivity contribution is -0.384. The van der Waals surface area contributed by atoms with Crippen molar-refractivity contribution in [1.82, 2.24) is 4.57 Å². The largest absolute Gasteiger partial charge is 0.494 e. The van der Waals surface area contributed by atoms with Crippen LogP contribution >= 0.6 is 11.6 Å². The number of pyridine rings is 1. The van der Waals surface area contributed by atoms with Crippen LogP contribution in [-0.2, 0) is 7.05 Å². The number of nitro benzene ring substituents is 1. The zero-order valence-corrected chi connectivity index (χ0v) is 13.4. The molecule has 122 valence electrons. The Balaban J connectivity index is 2.61. The number of aliphatic imine (C=N–C) groups is 1. The van der Waals surface area contributed by atoms with Crippen LogP contribution in [-0.4, -0.2) is 20.8 Å². The van der Waals surface area contributed by atoms with Gasteiger partial charge in [0.25, 0.3) is 11.2 Å². The molecule has 0 unspecified atom stereocenters. The fourth-order valence-corrected chi connectivity index (χ4v) is 2.21. The third-order valence-corrected chi connectivity index (χ3v) is 3.76. The number of nitrogens with zero attached hydrogens (tertiary/aromatic N) is 4. The Bertz CT molecular complexity index is 973. The van der Waals surface area contributed by atoms with Gasteiger partial charge in [0.15, 0.2) is 0 Å². The Labute approximate surface area is 141 Å². The van der Waals surface area contributed by atoms with Gasteiger partial charge in [-0.2, -0.15) is 5.26 Å². The van der Waals surface area contributed by atoms with Gasteiger partial charge in [-0.05, 0) is 18.6 Å². The second-order valence-electron chi connectivity index (χ2n) is 4.86. The Hall–Kier alpha value is -3.18. The highest BCUT2D eigenvalue weighted by Crippen LogP contribution is 2.29. The zero-order valence-electron chi connectivity index (χ0n) is 12.6. The Morgan fingerprint density at radius 3 is 2.75 bits per heavy atom. The molecule has 2 rings (SSSR count). The van der Waals surface area contributed by atoms with Crippen LogP contribution in [0.2, 0.25) is 5.02 Å². The summed E-state index contributed by atoms with van der Waals surface area (Å²) < 4.78 is 0.919. The molecule has 1 heterocycles. The topological polar surface area (TPSA) is 122 Å². The van der Waals surface area contributed by atoms with Gasteiger partial charge in [0.05, 0.1) is 21.2 Å². The maximum atomic E-state index is 11.9. The molecule has 8 nitrogen and oxygen atoms in total.